The summed E-state index contributed by atoms with van der Waals surface area (Å²) in [6, 6.07) is -0.983. The molecule has 1 saturated heterocycles. The van der Waals surface area contributed by atoms with Crippen LogP contribution in [-0.4, -0.2) is 64.2 Å². The van der Waals surface area contributed by atoms with Crippen molar-refractivity contribution in [2.45, 2.75) is 82.0 Å². The maximum Gasteiger partial charge on any atom is 0.184 e. The minimum atomic E-state index is -1.94. The zero-order valence-corrected chi connectivity index (χ0v) is 13.0. The van der Waals surface area contributed by atoms with Crippen LogP contribution in [0.2, 0.25) is 0 Å². The van der Waals surface area contributed by atoms with Crippen molar-refractivity contribution in [2.75, 3.05) is 13.7 Å². The molecule has 0 aromatic heterocycles. The van der Waals surface area contributed by atoms with Crippen LogP contribution in [0.3, 0.4) is 0 Å². The van der Waals surface area contributed by atoms with Crippen molar-refractivity contribution in [2.24, 2.45) is 0 Å². The standard InChI is InChI=1S/C15H31NO5/c1-3-4-5-6-7-8-9-15(20)14(16-2)13(19)12(18)11(10-17)21-15/h11-14,16-20H,3-10H2,1-2H3/t11-,12-,13+,14-,15?/m1/s1/i9D/t9?,11-,12-,13+,14-,15?. The van der Waals surface area contributed by atoms with Gasteiger partial charge < -0.3 is 30.5 Å². The van der Waals surface area contributed by atoms with Crippen LogP contribution < -0.4 is 5.32 Å². The summed E-state index contributed by atoms with van der Waals surface area (Å²) in [5.41, 5.74) is 0. The molecule has 126 valence electrons. The molecule has 1 aliphatic heterocycles. The fraction of sp³-hybridized carbons (Fsp3) is 1.00. The van der Waals surface area contributed by atoms with Crippen LogP contribution in [0.15, 0.2) is 0 Å². The third-order valence-corrected chi connectivity index (χ3v) is 4.09. The van der Waals surface area contributed by atoms with Crippen molar-refractivity contribution < 1.29 is 26.5 Å². The number of rotatable bonds is 9. The van der Waals surface area contributed by atoms with Crippen LogP contribution in [-0.2, 0) is 4.74 Å². The molecule has 0 amide bonds. The van der Waals surface area contributed by atoms with Gasteiger partial charge in [-0.3, -0.25) is 0 Å². The quantitative estimate of drug-likeness (QED) is 0.388. The van der Waals surface area contributed by atoms with E-state index < -0.39 is 43.1 Å². The van der Waals surface area contributed by atoms with E-state index in [1.165, 1.54) is 7.05 Å². The number of ether oxygens (including phenoxy) is 1. The molecule has 0 aromatic carbocycles. The molecule has 1 heterocycles. The number of likely N-dealkylation sites (N-methyl/N-ethyl adjacent to an activating group) is 1. The van der Waals surface area contributed by atoms with E-state index in [9.17, 15) is 20.4 Å². The summed E-state index contributed by atoms with van der Waals surface area (Å²) < 4.78 is 13.6. The Morgan fingerprint density at radius 3 is 2.33 bits per heavy atom. The van der Waals surface area contributed by atoms with Gasteiger partial charge in [0.15, 0.2) is 5.79 Å². The van der Waals surface area contributed by atoms with E-state index in [4.69, 9.17) is 6.11 Å². The summed E-state index contributed by atoms with van der Waals surface area (Å²) in [6.07, 6.45) is 0.907. The van der Waals surface area contributed by atoms with Crippen molar-refractivity contribution in [1.29, 1.82) is 0 Å². The monoisotopic (exact) mass is 306 g/mol. The van der Waals surface area contributed by atoms with Gasteiger partial charge in [0, 0.05) is 7.77 Å². The smallest absolute Gasteiger partial charge is 0.184 e. The van der Waals surface area contributed by atoms with Crippen LogP contribution in [0.5, 0.6) is 0 Å². The molecule has 2 unspecified atom stereocenters. The maximum atomic E-state index is 10.7. The molecule has 0 spiro atoms. The van der Waals surface area contributed by atoms with Crippen LogP contribution in [0.4, 0.5) is 0 Å². The highest BCUT2D eigenvalue weighted by Crippen LogP contribution is 2.32. The predicted molar refractivity (Wildman–Crippen MR) is 79.8 cm³/mol. The number of nitrogens with one attached hydrogen (secondary N) is 1. The van der Waals surface area contributed by atoms with E-state index in [1.807, 2.05) is 0 Å². The minimum Gasteiger partial charge on any atom is -0.394 e. The van der Waals surface area contributed by atoms with E-state index in [0.717, 1.165) is 32.1 Å². The molecule has 21 heavy (non-hydrogen) atoms. The molecule has 6 atom stereocenters. The second kappa shape index (κ2) is 9.02. The molecule has 6 nitrogen and oxygen atoms in total. The summed E-state index contributed by atoms with van der Waals surface area (Å²) >= 11 is 0. The highest BCUT2D eigenvalue weighted by atomic mass is 16.6. The zero-order chi connectivity index (χ0) is 16.8. The first-order valence-electron chi connectivity index (χ1n) is 8.46. The predicted octanol–water partition coefficient (Wildman–Crippen LogP) is 0.126. The molecule has 1 fully saturated rings. The SMILES string of the molecule is [2H]C(CCCCCCC)C1(O)O[C@H](CO)[C@@H](O)[C@H](O)[C@H]1NC. The topological polar surface area (TPSA) is 102 Å². The average molecular weight is 306 g/mol. The fourth-order valence-corrected chi connectivity index (χ4v) is 2.80. The van der Waals surface area contributed by atoms with Crippen LogP contribution in [0, 0.1) is 0 Å². The van der Waals surface area contributed by atoms with Crippen molar-refractivity contribution in [3.8, 4) is 0 Å². The lowest BCUT2D eigenvalue weighted by Crippen LogP contribution is -2.69. The highest BCUT2D eigenvalue weighted by molar-refractivity contribution is 4.99. The zero-order valence-electron chi connectivity index (χ0n) is 14.0. The Morgan fingerprint density at radius 1 is 1.14 bits per heavy atom. The lowest BCUT2D eigenvalue weighted by Gasteiger charge is -2.47. The summed E-state index contributed by atoms with van der Waals surface area (Å²) in [7, 11) is 1.53. The molecule has 0 saturated carbocycles. The minimum absolute atomic E-state index is 0.430. The molecule has 0 radical (unpaired) electrons. The lowest BCUT2D eigenvalue weighted by atomic mass is 9.87. The van der Waals surface area contributed by atoms with E-state index in [2.05, 4.69) is 12.2 Å². The van der Waals surface area contributed by atoms with Gasteiger partial charge in [-0.05, 0) is 13.5 Å². The number of aliphatic hydroxyl groups excluding tert-OH is 3. The second-order valence-electron chi connectivity index (χ2n) is 5.75. The van der Waals surface area contributed by atoms with Gasteiger partial charge in [0.2, 0.25) is 0 Å². The van der Waals surface area contributed by atoms with Gasteiger partial charge in [-0.25, -0.2) is 0 Å². The van der Waals surface area contributed by atoms with E-state index in [-0.39, 0.29) is 0 Å². The van der Waals surface area contributed by atoms with Gasteiger partial charge in [0.1, 0.15) is 18.3 Å². The lowest BCUT2D eigenvalue weighted by molar-refractivity contribution is -0.321. The first kappa shape index (κ1) is 17.1. The Labute approximate surface area is 128 Å². The Hall–Kier alpha value is -0.240. The van der Waals surface area contributed by atoms with E-state index in [0.29, 0.717) is 6.42 Å². The molecule has 5 N–H and O–H groups in total. The van der Waals surface area contributed by atoms with Crippen LogP contribution in [0.25, 0.3) is 0 Å². The Kier molecular flexibility index (Phi) is 7.36. The Morgan fingerprint density at radius 2 is 1.76 bits per heavy atom. The number of hydrogen-bond acceptors (Lipinski definition) is 6. The molecule has 6 heteroatoms. The van der Waals surface area contributed by atoms with Gasteiger partial charge in [-0.1, -0.05) is 39.0 Å². The van der Waals surface area contributed by atoms with Gasteiger partial charge in [-0.15, -0.1) is 0 Å². The van der Waals surface area contributed by atoms with Crippen LogP contribution >= 0.6 is 0 Å². The molecule has 1 rings (SSSR count). The Bertz CT molecular complexity index is 322. The first-order valence-corrected chi connectivity index (χ1v) is 7.89. The molecular weight excluding hydrogens is 274 g/mol. The molecule has 0 aromatic rings. The molecule has 0 aliphatic carbocycles. The molecular formula is C15H31NO5. The second-order valence-corrected chi connectivity index (χ2v) is 5.75. The Balaban J connectivity index is 2.69. The third-order valence-electron chi connectivity index (χ3n) is 4.09. The highest BCUT2D eigenvalue weighted by Gasteiger charge is 2.51. The summed E-state index contributed by atoms with van der Waals surface area (Å²) in [5.74, 6) is -1.94. The van der Waals surface area contributed by atoms with Gasteiger partial charge >= 0.3 is 0 Å². The summed E-state index contributed by atoms with van der Waals surface area (Å²) in [4.78, 5) is 0. The van der Waals surface area contributed by atoms with E-state index in [1.54, 1.807) is 0 Å². The average Bonchev–Trinajstić information content (AvgIpc) is 2.51. The maximum absolute atomic E-state index is 10.7. The van der Waals surface area contributed by atoms with E-state index >= 15 is 0 Å². The van der Waals surface area contributed by atoms with Gasteiger partial charge in [-0.2, -0.15) is 0 Å². The normalized spacial score (nSPS) is 39.0. The molecule has 1 aliphatic rings. The van der Waals surface area contributed by atoms with Crippen molar-refractivity contribution >= 4 is 0 Å². The fourth-order valence-electron chi connectivity index (χ4n) is 2.80. The summed E-state index contributed by atoms with van der Waals surface area (Å²) in [5, 5.41) is 42.7. The van der Waals surface area contributed by atoms with Gasteiger partial charge in [0.05, 0.1) is 12.6 Å². The molecule has 0 bridgehead atoms. The van der Waals surface area contributed by atoms with Crippen molar-refractivity contribution in [3.63, 3.8) is 0 Å². The van der Waals surface area contributed by atoms with Crippen LogP contribution in [0.1, 0.15) is 53.2 Å². The third kappa shape index (κ3) is 4.87. The van der Waals surface area contributed by atoms with Crippen molar-refractivity contribution in [3.05, 3.63) is 0 Å². The van der Waals surface area contributed by atoms with Gasteiger partial charge in [0.25, 0.3) is 0 Å². The number of aliphatic hydroxyl groups is 4. The van der Waals surface area contributed by atoms with Crippen molar-refractivity contribution in [1.82, 2.24) is 5.32 Å². The number of unbranched alkanes of at least 4 members (excludes halogenated alkanes) is 4. The summed E-state index contributed by atoms with van der Waals surface area (Å²) in [6.45, 7) is 1.60. The largest absolute Gasteiger partial charge is 0.394 e. The number of hydrogen-bond donors (Lipinski definition) is 5. The first-order chi connectivity index (χ1) is 10.4.